The molecule has 0 aliphatic carbocycles. The molecule has 292 valence electrons. The fourth-order valence-electron chi connectivity index (χ4n) is 5.91. The zero-order valence-corrected chi connectivity index (χ0v) is 32.8. The standard InChI is InChI=1S/C39H78NO8P/c1-3-5-7-9-11-13-14-15-16-17-18-19-20-21-22-23-24-26-28-30-32-39(43)46-35-37(41)36-48-49(44,45)47-34-33-40-38(42)31-29-27-25-12-10-8-6-4-2/h37,41H,3-36H2,1-2H3,(H,40,42)(H,44,45). The molecule has 0 aliphatic rings. The molecule has 1 amide bonds. The molecule has 10 heteroatoms. The van der Waals surface area contributed by atoms with Gasteiger partial charge in [-0.15, -0.1) is 0 Å². The summed E-state index contributed by atoms with van der Waals surface area (Å²) in [5.41, 5.74) is 0. The molecule has 0 aliphatic heterocycles. The van der Waals surface area contributed by atoms with Crippen molar-refractivity contribution in [3.63, 3.8) is 0 Å². The average molecular weight is 720 g/mol. The third-order valence-corrected chi connectivity index (χ3v) is 10.0. The first-order chi connectivity index (χ1) is 23.8. The highest BCUT2D eigenvalue weighted by Crippen LogP contribution is 2.42. The van der Waals surface area contributed by atoms with Crippen LogP contribution in [0.1, 0.15) is 206 Å². The van der Waals surface area contributed by atoms with Gasteiger partial charge in [0.2, 0.25) is 5.91 Å². The van der Waals surface area contributed by atoms with E-state index in [0.29, 0.717) is 12.8 Å². The Hall–Kier alpha value is -0.990. The quantitative estimate of drug-likeness (QED) is 0.0325. The van der Waals surface area contributed by atoms with Crippen molar-refractivity contribution in [2.24, 2.45) is 0 Å². The van der Waals surface area contributed by atoms with Crippen molar-refractivity contribution < 1.29 is 37.9 Å². The number of esters is 1. The van der Waals surface area contributed by atoms with Gasteiger partial charge in [0.05, 0.1) is 13.2 Å². The maximum atomic E-state index is 12.0. The molecule has 0 bridgehead atoms. The highest BCUT2D eigenvalue weighted by atomic mass is 31.2. The fraction of sp³-hybridized carbons (Fsp3) is 0.949. The molecule has 0 rings (SSSR count). The highest BCUT2D eigenvalue weighted by molar-refractivity contribution is 7.47. The van der Waals surface area contributed by atoms with Crippen molar-refractivity contribution in [1.29, 1.82) is 0 Å². The third kappa shape index (κ3) is 38.1. The minimum atomic E-state index is -4.40. The van der Waals surface area contributed by atoms with Gasteiger partial charge in [0.15, 0.2) is 0 Å². The molecule has 49 heavy (non-hydrogen) atoms. The molecule has 3 N–H and O–H groups in total. The average Bonchev–Trinajstić information content (AvgIpc) is 3.08. The molecule has 0 aromatic heterocycles. The van der Waals surface area contributed by atoms with Crippen molar-refractivity contribution in [2.75, 3.05) is 26.4 Å². The van der Waals surface area contributed by atoms with Crippen LogP contribution in [0.25, 0.3) is 0 Å². The maximum Gasteiger partial charge on any atom is 0.472 e. The number of unbranched alkanes of at least 4 members (excludes halogenated alkanes) is 26. The monoisotopic (exact) mass is 720 g/mol. The highest BCUT2D eigenvalue weighted by Gasteiger charge is 2.23. The number of rotatable bonds is 39. The Labute approximate surface area is 301 Å². The minimum absolute atomic E-state index is 0.0867. The lowest BCUT2D eigenvalue weighted by atomic mass is 10.0. The summed E-state index contributed by atoms with van der Waals surface area (Å²) in [5.74, 6) is -0.511. The van der Waals surface area contributed by atoms with Crippen LogP contribution in [0.5, 0.6) is 0 Å². The Morgan fingerprint density at radius 2 is 0.918 bits per heavy atom. The predicted octanol–water partition coefficient (Wildman–Crippen LogP) is 10.9. The zero-order valence-electron chi connectivity index (χ0n) is 31.9. The van der Waals surface area contributed by atoms with Gasteiger partial charge in [0, 0.05) is 19.4 Å². The molecular formula is C39H78NO8P. The van der Waals surface area contributed by atoms with Crippen LogP contribution in [0.4, 0.5) is 0 Å². The van der Waals surface area contributed by atoms with Crippen LogP contribution in [0.15, 0.2) is 0 Å². The van der Waals surface area contributed by atoms with Crippen LogP contribution in [0.2, 0.25) is 0 Å². The summed E-state index contributed by atoms with van der Waals surface area (Å²) >= 11 is 0. The number of hydrogen-bond acceptors (Lipinski definition) is 7. The molecule has 0 spiro atoms. The maximum absolute atomic E-state index is 12.0. The fourth-order valence-corrected chi connectivity index (χ4v) is 6.67. The number of amides is 1. The van der Waals surface area contributed by atoms with Gasteiger partial charge >= 0.3 is 13.8 Å². The van der Waals surface area contributed by atoms with E-state index >= 15 is 0 Å². The molecule has 0 radical (unpaired) electrons. The molecular weight excluding hydrogens is 641 g/mol. The van der Waals surface area contributed by atoms with E-state index in [2.05, 4.69) is 19.2 Å². The summed E-state index contributed by atoms with van der Waals surface area (Å²) in [4.78, 5) is 33.7. The zero-order chi connectivity index (χ0) is 36.1. The molecule has 0 saturated heterocycles. The number of ether oxygens (including phenoxy) is 1. The Morgan fingerprint density at radius 3 is 1.33 bits per heavy atom. The molecule has 0 aromatic carbocycles. The number of phosphoric ester groups is 1. The van der Waals surface area contributed by atoms with Crippen LogP contribution in [0.3, 0.4) is 0 Å². The van der Waals surface area contributed by atoms with Crippen molar-refractivity contribution in [1.82, 2.24) is 5.32 Å². The largest absolute Gasteiger partial charge is 0.472 e. The van der Waals surface area contributed by atoms with E-state index in [1.54, 1.807) is 0 Å². The lowest BCUT2D eigenvalue weighted by Gasteiger charge is -2.15. The van der Waals surface area contributed by atoms with E-state index in [4.69, 9.17) is 13.8 Å². The molecule has 0 heterocycles. The number of carbonyl (C=O) groups is 2. The first-order valence-electron chi connectivity index (χ1n) is 20.5. The van der Waals surface area contributed by atoms with Gasteiger partial charge in [-0.3, -0.25) is 18.6 Å². The second-order valence-electron chi connectivity index (χ2n) is 14.0. The van der Waals surface area contributed by atoms with Gasteiger partial charge in [-0.2, -0.15) is 0 Å². The van der Waals surface area contributed by atoms with Crippen LogP contribution >= 0.6 is 7.82 Å². The summed E-state index contributed by atoms with van der Waals surface area (Å²) < 4.78 is 26.7. The number of aliphatic hydroxyl groups is 1. The molecule has 9 nitrogen and oxygen atoms in total. The minimum Gasteiger partial charge on any atom is -0.463 e. The van der Waals surface area contributed by atoms with E-state index in [9.17, 15) is 24.2 Å². The molecule has 0 aromatic rings. The van der Waals surface area contributed by atoms with Crippen molar-refractivity contribution in [3.8, 4) is 0 Å². The first kappa shape index (κ1) is 48.0. The molecule has 2 atom stereocenters. The number of nitrogens with one attached hydrogen (secondary N) is 1. The van der Waals surface area contributed by atoms with Crippen LogP contribution in [-0.4, -0.2) is 54.3 Å². The number of hydrogen-bond donors (Lipinski definition) is 3. The molecule has 0 fully saturated rings. The van der Waals surface area contributed by atoms with E-state index < -0.39 is 26.5 Å². The third-order valence-electron chi connectivity index (χ3n) is 9.04. The second-order valence-corrected chi connectivity index (χ2v) is 15.4. The van der Waals surface area contributed by atoms with Crippen LogP contribution in [0, 0.1) is 0 Å². The van der Waals surface area contributed by atoms with Crippen molar-refractivity contribution in [3.05, 3.63) is 0 Å². The Kier molecular flexibility index (Phi) is 36.0. The summed E-state index contributed by atoms with van der Waals surface area (Å²) in [5, 5.41) is 12.6. The molecule has 2 unspecified atom stereocenters. The summed E-state index contributed by atoms with van der Waals surface area (Å²) in [7, 11) is -4.40. The topological polar surface area (TPSA) is 131 Å². The SMILES string of the molecule is CCCCCCCCCCCCCCCCCCCCCCC(=O)OCC(O)COP(=O)(O)OCCNC(=O)CCCCCCCCCC. The van der Waals surface area contributed by atoms with E-state index in [-0.39, 0.29) is 25.7 Å². The Morgan fingerprint density at radius 1 is 0.551 bits per heavy atom. The smallest absolute Gasteiger partial charge is 0.463 e. The Bertz CT molecular complexity index is 784. The van der Waals surface area contributed by atoms with Gasteiger partial charge in [0.25, 0.3) is 0 Å². The lowest BCUT2D eigenvalue weighted by molar-refractivity contribution is -0.147. The number of carbonyl (C=O) groups excluding carboxylic acids is 2. The summed E-state index contributed by atoms with van der Waals surface area (Å²) in [6.07, 6.45) is 34.8. The molecule has 0 saturated carbocycles. The van der Waals surface area contributed by atoms with Crippen molar-refractivity contribution >= 4 is 19.7 Å². The number of aliphatic hydroxyl groups excluding tert-OH is 1. The van der Waals surface area contributed by atoms with Gasteiger partial charge in [0.1, 0.15) is 12.7 Å². The summed E-state index contributed by atoms with van der Waals surface area (Å²) in [6, 6.07) is 0. The van der Waals surface area contributed by atoms with E-state index in [1.807, 2.05) is 0 Å². The normalized spacial score (nSPS) is 13.3. The van der Waals surface area contributed by atoms with Gasteiger partial charge in [-0.1, -0.05) is 181 Å². The first-order valence-corrected chi connectivity index (χ1v) is 22.0. The van der Waals surface area contributed by atoms with Crippen molar-refractivity contribution in [2.45, 2.75) is 213 Å². The second kappa shape index (κ2) is 36.8. The Balaban J connectivity index is 3.53. The van der Waals surface area contributed by atoms with E-state index in [0.717, 1.165) is 38.5 Å². The van der Waals surface area contributed by atoms with Gasteiger partial charge in [-0.25, -0.2) is 4.57 Å². The number of phosphoric acid groups is 1. The summed E-state index contributed by atoms with van der Waals surface area (Å²) in [6.45, 7) is 3.55. The van der Waals surface area contributed by atoms with Crippen LogP contribution in [-0.2, 0) is 27.9 Å². The van der Waals surface area contributed by atoms with E-state index in [1.165, 1.54) is 141 Å². The van der Waals surface area contributed by atoms with Crippen LogP contribution < -0.4 is 5.32 Å². The van der Waals surface area contributed by atoms with Gasteiger partial charge in [-0.05, 0) is 12.8 Å². The lowest BCUT2D eigenvalue weighted by Crippen LogP contribution is -2.27. The van der Waals surface area contributed by atoms with Gasteiger partial charge < -0.3 is 20.1 Å². The predicted molar refractivity (Wildman–Crippen MR) is 202 cm³/mol.